The molecule has 13 heteroatoms. The molecule has 0 saturated carbocycles. The van der Waals surface area contributed by atoms with Crippen LogP contribution in [0, 0.1) is 13.8 Å². The quantitative estimate of drug-likeness (QED) is 0.405. The van der Waals surface area contributed by atoms with E-state index in [4.69, 9.17) is 5.73 Å². The molecule has 184 valence electrons. The number of carbonyl (C=O) groups excluding carboxylic acids is 2. The second-order valence-electron chi connectivity index (χ2n) is 7.97. The Bertz CT molecular complexity index is 1450. The van der Waals surface area contributed by atoms with Gasteiger partial charge in [-0.25, -0.2) is 4.98 Å². The lowest BCUT2D eigenvalue weighted by Crippen LogP contribution is -2.25. The van der Waals surface area contributed by atoms with Crippen molar-refractivity contribution in [3.05, 3.63) is 46.5 Å². The molecule has 2 amide bonds. The van der Waals surface area contributed by atoms with E-state index in [2.05, 4.69) is 20.5 Å². The molecule has 0 spiro atoms. The molecule has 0 bridgehead atoms. The molecule has 1 atom stereocenters. The first-order valence-corrected chi connectivity index (χ1v) is 11.4. The van der Waals surface area contributed by atoms with Crippen LogP contribution in [0.15, 0.2) is 24.5 Å². The second-order valence-corrected chi connectivity index (χ2v) is 8.96. The maximum Gasteiger partial charge on any atom is 0.433 e. The Labute approximate surface area is 201 Å². The van der Waals surface area contributed by atoms with Gasteiger partial charge in [-0.3, -0.25) is 19.0 Å². The number of halogens is 3. The van der Waals surface area contributed by atoms with Crippen molar-refractivity contribution >= 4 is 39.1 Å². The smallest absolute Gasteiger partial charge is 0.365 e. The van der Waals surface area contributed by atoms with Crippen molar-refractivity contribution in [3.63, 3.8) is 0 Å². The third-order valence-electron chi connectivity index (χ3n) is 5.64. The molecule has 0 aromatic carbocycles. The summed E-state index contributed by atoms with van der Waals surface area (Å²) in [7, 11) is 0. The highest BCUT2D eigenvalue weighted by Crippen LogP contribution is 2.44. The van der Waals surface area contributed by atoms with Crippen molar-refractivity contribution < 1.29 is 22.8 Å². The van der Waals surface area contributed by atoms with Crippen LogP contribution in [0.3, 0.4) is 0 Å². The predicted octanol–water partition coefficient (Wildman–Crippen LogP) is 4.31. The van der Waals surface area contributed by atoms with Crippen LogP contribution in [0.5, 0.6) is 0 Å². The highest BCUT2D eigenvalue weighted by atomic mass is 32.1. The van der Waals surface area contributed by atoms with Crippen molar-refractivity contribution in [1.82, 2.24) is 24.5 Å². The summed E-state index contributed by atoms with van der Waals surface area (Å²) in [5, 5.41) is 11.3. The van der Waals surface area contributed by atoms with Gasteiger partial charge in [0.1, 0.15) is 21.4 Å². The van der Waals surface area contributed by atoms with E-state index in [9.17, 15) is 22.8 Å². The normalized spacial score (nSPS) is 12.8. The maximum absolute atomic E-state index is 13.7. The predicted molar refractivity (Wildman–Crippen MR) is 125 cm³/mol. The van der Waals surface area contributed by atoms with Crippen LogP contribution in [0.25, 0.3) is 21.3 Å². The van der Waals surface area contributed by atoms with Gasteiger partial charge in [0.25, 0.3) is 5.91 Å². The monoisotopic (exact) mass is 505 g/mol. The van der Waals surface area contributed by atoms with Crippen molar-refractivity contribution in [2.45, 2.75) is 46.5 Å². The van der Waals surface area contributed by atoms with Crippen LogP contribution in [0.2, 0.25) is 0 Å². The molecule has 0 aliphatic rings. The van der Waals surface area contributed by atoms with Crippen LogP contribution in [-0.2, 0) is 17.5 Å². The number of fused-ring (bicyclic) bond motifs is 1. The van der Waals surface area contributed by atoms with Crippen molar-refractivity contribution in [2.75, 3.05) is 5.32 Å². The number of hydrogen-bond donors (Lipinski definition) is 2. The van der Waals surface area contributed by atoms with Crippen LogP contribution in [-0.4, -0.2) is 36.4 Å². The minimum Gasteiger partial charge on any atom is -0.365 e. The first-order chi connectivity index (χ1) is 16.4. The lowest BCUT2D eigenvalue weighted by molar-refractivity contribution is -0.140. The number of aromatic nitrogens is 5. The second kappa shape index (κ2) is 8.80. The van der Waals surface area contributed by atoms with Crippen LogP contribution in [0.4, 0.5) is 18.9 Å². The number of hydrogen-bond acceptors (Lipinski definition) is 6. The molecular weight excluding hydrogens is 483 g/mol. The molecule has 4 aromatic rings. The first kappa shape index (κ1) is 24.4. The van der Waals surface area contributed by atoms with Crippen molar-refractivity contribution in [2.24, 2.45) is 5.73 Å². The lowest BCUT2D eigenvalue weighted by Gasteiger charge is -2.15. The zero-order chi connectivity index (χ0) is 25.7. The highest BCUT2D eigenvalue weighted by Gasteiger charge is 2.35. The third-order valence-corrected chi connectivity index (χ3v) is 6.73. The number of pyridine rings is 1. The first-order valence-electron chi connectivity index (χ1n) is 10.6. The highest BCUT2D eigenvalue weighted by molar-refractivity contribution is 7.21. The van der Waals surface area contributed by atoms with Gasteiger partial charge in [0.2, 0.25) is 5.91 Å². The number of amides is 2. The summed E-state index contributed by atoms with van der Waals surface area (Å²) >= 11 is 0.693. The van der Waals surface area contributed by atoms with E-state index in [0.717, 1.165) is 6.07 Å². The Morgan fingerprint density at radius 1 is 1.26 bits per heavy atom. The topological polar surface area (TPSA) is 121 Å². The fraction of sp³-hybridized carbons (Fsp3) is 0.318. The van der Waals surface area contributed by atoms with Gasteiger partial charge < -0.3 is 11.1 Å². The summed E-state index contributed by atoms with van der Waals surface area (Å²) < 4.78 is 44.2. The number of anilines is 1. The van der Waals surface area contributed by atoms with Gasteiger partial charge in [-0.2, -0.15) is 23.4 Å². The number of primary amides is 1. The fourth-order valence-corrected chi connectivity index (χ4v) is 4.78. The van der Waals surface area contributed by atoms with Gasteiger partial charge in [0.05, 0.1) is 17.6 Å². The number of alkyl halides is 3. The Balaban J connectivity index is 1.95. The molecule has 4 rings (SSSR count). The van der Waals surface area contributed by atoms with Crippen LogP contribution >= 0.6 is 11.3 Å². The van der Waals surface area contributed by atoms with E-state index < -0.39 is 29.7 Å². The number of nitrogens with two attached hydrogens (primary N) is 1. The summed E-state index contributed by atoms with van der Waals surface area (Å²) in [5.41, 5.74) is 6.33. The minimum absolute atomic E-state index is 0.0121. The van der Waals surface area contributed by atoms with Gasteiger partial charge in [-0.1, -0.05) is 0 Å². The molecule has 0 radical (unpaired) electrons. The third kappa shape index (κ3) is 4.38. The summed E-state index contributed by atoms with van der Waals surface area (Å²) in [5.74, 6) is -1.42. The van der Waals surface area contributed by atoms with Gasteiger partial charge in [0, 0.05) is 29.4 Å². The van der Waals surface area contributed by atoms with E-state index >= 15 is 0 Å². The van der Waals surface area contributed by atoms with Gasteiger partial charge in [-0.15, -0.1) is 11.3 Å². The average Bonchev–Trinajstić information content (AvgIpc) is 3.48. The number of aryl methyl sites for hydroxylation is 2. The zero-order valence-corrected chi connectivity index (χ0v) is 20.1. The van der Waals surface area contributed by atoms with Crippen LogP contribution in [0.1, 0.15) is 46.6 Å². The van der Waals surface area contributed by atoms with E-state index in [0.29, 0.717) is 34.8 Å². The molecule has 9 nitrogen and oxygen atoms in total. The van der Waals surface area contributed by atoms with Gasteiger partial charge in [0.15, 0.2) is 0 Å². The molecule has 3 N–H and O–H groups in total. The van der Waals surface area contributed by atoms with Crippen molar-refractivity contribution in [1.29, 1.82) is 0 Å². The van der Waals surface area contributed by atoms with E-state index in [-0.39, 0.29) is 26.3 Å². The van der Waals surface area contributed by atoms with E-state index in [1.54, 1.807) is 37.7 Å². The lowest BCUT2D eigenvalue weighted by atomic mass is 10.0. The molecule has 1 unspecified atom stereocenters. The number of carbonyl (C=O) groups is 2. The Morgan fingerprint density at radius 3 is 2.51 bits per heavy atom. The Morgan fingerprint density at radius 2 is 1.97 bits per heavy atom. The number of thiophene rings is 1. The largest absolute Gasteiger partial charge is 0.433 e. The number of nitrogens with one attached hydrogen (secondary N) is 1. The van der Waals surface area contributed by atoms with E-state index in [1.165, 1.54) is 10.9 Å². The average molecular weight is 506 g/mol. The van der Waals surface area contributed by atoms with E-state index in [1.807, 2.05) is 6.92 Å². The van der Waals surface area contributed by atoms with Gasteiger partial charge in [-0.05, 0) is 45.4 Å². The van der Waals surface area contributed by atoms with Crippen LogP contribution < -0.4 is 11.1 Å². The van der Waals surface area contributed by atoms with Crippen molar-refractivity contribution in [3.8, 4) is 11.1 Å². The molecule has 35 heavy (non-hydrogen) atoms. The van der Waals surface area contributed by atoms with Gasteiger partial charge >= 0.3 is 6.18 Å². The summed E-state index contributed by atoms with van der Waals surface area (Å²) in [4.78, 5) is 28.9. The zero-order valence-electron chi connectivity index (χ0n) is 19.3. The summed E-state index contributed by atoms with van der Waals surface area (Å²) in [6.45, 7) is 7.47. The Kier molecular flexibility index (Phi) is 6.13. The molecule has 0 saturated heterocycles. The fourth-order valence-electron chi connectivity index (χ4n) is 3.78. The molecular formula is C22H22F3N7O2S. The summed E-state index contributed by atoms with van der Waals surface area (Å²) in [6, 6.07) is 1.86. The molecule has 0 aliphatic carbocycles. The summed E-state index contributed by atoms with van der Waals surface area (Å²) in [6.07, 6.45) is -1.65. The maximum atomic E-state index is 13.7. The molecule has 4 heterocycles. The molecule has 0 fully saturated rings. The number of rotatable bonds is 6. The Hall–Kier alpha value is -3.74. The SMILES string of the molecule is CCn1ncc(-c2cc(C(F)(F)F)nc3sc(C(N)=O)c(NC(=O)C(C)n4ccc(C)n4)c23)c1C. The minimum atomic E-state index is -4.73. The molecule has 4 aromatic heterocycles. The number of nitrogens with zero attached hydrogens (tertiary/aromatic N) is 5. The molecule has 0 aliphatic heterocycles. The standard InChI is InChI=1S/C22H22F3N7O2S/c1-5-31-11(3)14(9-27-31)13-8-15(22(23,24)25)28-21-16(13)17(18(35-21)19(26)33)29-20(34)12(4)32-7-6-10(2)30-32/h6-9,12H,5H2,1-4H3,(H2,26,33)(H,29,34).